The Morgan fingerprint density at radius 2 is 0.972 bits per heavy atom. The monoisotopic (exact) mass is 502 g/mol. The fraction of sp³-hybridized carbons (Fsp3) is 0.462. The van der Waals surface area contributed by atoms with Gasteiger partial charge >= 0.3 is 0 Å². The number of carbonyl (C=O) groups is 2. The van der Waals surface area contributed by atoms with Crippen molar-refractivity contribution in [2.24, 2.45) is 0 Å². The van der Waals surface area contributed by atoms with Gasteiger partial charge in [-0.1, -0.05) is 24.3 Å². The van der Waals surface area contributed by atoms with Crippen LogP contribution in [0.3, 0.4) is 0 Å². The minimum atomic E-state index is -0.275. The van der Waals surface area contributed by atoms with Crippen LogP contribution in [0.1, 0.15) is 20.7 Å². The molecule has 0 aliphatic carbocycles. The largest absolute Gasteiger partial charge is 0.489 e. The van der Waals surface area contributed by atoms with E-state index in [0.717, 1.165) is 0 Å². The van der Waals surface area contributed by atoms with Crippen LogP contribution in [0, 0.1) is 0 Å². The lowest BCUT2D eigenvalue weighted by Crippen LogP contribution is -2.33. The second-order valence-corrected chi connectivity index (χ2v) is 7.76. The molecular weight excluding hydrogens is 468 g/mol. The summed E-state index contributed by atoms with van der Waals surface area (Å²) in [6, 6.07) is 14.2. The maximum Gasteiger partial charge on any atom is 0.261 e. The SMILES string of the molecule is Nc1ccccc1OCCOCCOCCOCCOCCOCCN1C(=O)c2ccccc2C1=O. The summed E-state index contributed by atoms with van der Waals surface area (Å²) in [6.07, 6.45) is 0. The zero-order valence-corrected chi connectivity index (χ0v) is 20.4. The summed E-state index contributed by atoms with van der Waals surface area (Å²) in [6.45, 7) is 4.93. The van der Waals surface area contributed by atoms with E-state index in [0.29, 0.717) is 88.6 Å². The van der Waals surface area contributed by atoms with Gasteiger partial charge in [-0.3, -0.25) is 14.5 Å². The molecule has 2 aromatic carbocycles. The Balaban J connectivity index is 1.04. The Morgan fingerprint density at radius 3 is 1.47 bits per heavy atom. The van der Waals surface area contributed by atoms with Gasteiger partial charge in [0.15, 0.2) is 0 Å². The number of ether oxygens (including phenoxy) is 6. The molecule has 1 aliphatic rings. The first kappa shape index (κ1) is 27.6. The number of imide groups is 1. The number of carbonyl (C=O) groups excluding carboxylic acids is 2. The zero-order chi connectivity index (χ0) is 25.4. The van der Waals surface area contributed by atoms with Gasteiger partial charge in [0.1, 0.15) is 12.4 Å². The molecule has 0 bridgehead atoms. The van der Waals surface area contributed by atoms with Gasteiger partial charge in [-0.25, -0.2) is 0 Å². The second kappa shape index (κ2) is 15.9. The molecule has 0 saturated heterocycles. The van der Waals surface area contributed by atoms with E-state index in [9.17, 15) is 9.59 Å². The molecule has 0 fully saturated rings. The number of hydrogen-bond donors (Lipinski definition) is 1. The van der Waals surface area contributed by atoms with Crippen LogP contribution >= 0.6 is 0 Å². The molecule has 2 aromatic rings. The molecule has 2 N–H and O–H groups in total. The molecular formula is C26H34N2O8. The highest BCUT2D eigenvalue weighted by Gasteiger charge is 2.34. The predicted molar refractivity (Wildman–Crippen MR) is 132 cm³/mol. The number of nitrogen functional groups attached to an aromatic ring is 1. The standard InChI is InChI=1S/C26H34N2O8/c27-23-7-3-4-8-24(23)36-20-19-35-18-17-34-16-15-33-14-13-32-12-11-31-10-9-28-25(29)21-5-1-2-6-22(21)26(28)30/h1-8H,9-20,27H2. The highest BCUT2D eigenvalue weighted by atomic mass is 16.6. The lowest BCUT2D eigenvalue weighted by molar-refractivity contribution is -0.0133. The lowest BCUT2D eigenvalue weighted by atomic mass is 10.1. The Bertz CT molecular complexity index is 920. The molecule has 36 heavy (non-hydrogen) atoms. The van der Waals surface area contributed by atoms with Crippen LogP contribution in [0.5, 0.6) is 5.75 Å². The molecule has 0 atom stereocenters. The molecule has 1 aliphatic heterocycles. The van der Waals surface area contributed by atoms with Crippen molar-refractivity contribution < 1.29 is 38.0 Å². The highest BCUT2D eigenvalue weighted by molar-refractivity contribution is 6.21. The lowest BCUT2D eigenvalue weighted by Gasteiger charge is -2.13. The third-order valence-corrected chi connectivity index (χ3v) is 5.23. The number of rotatable bonds is 19. The van der Waals surface area contributed by atoms with Crippen molar-refractivity contribution in [3.63, 3.8) is 0 Å². The number of benzene rings is 2. The number of nitrogens with two attached hydrogens (primary N) is 1. The quantitative estimate of drug-likeness (QED) is 0.175. The smallest absolute Gasteiger partial charge is 0.261 e. The van der Waals surface area contributed by atoms with E-state index < -0.39 is 0 Å². The van der Waals surface area contributed by atoms with Gasteiger partial charge in [0.25, 0.3) is 11.8 Å². The number of hydrogen-bond acceptors (Lipinski definition) is 9. The molecule has 0 radical (unpaired) electrons. The van der Waals surface area contributed by atoms with Gasteiger partial charge in [-0.2, -0.15) is 0 Å². The van der Waals surface area contributed by atoms with Crippen LogP contribution < -0.4 is 10.5 Å². The topological polar surface area (TPSA) is 119 Å². The van der Waals surface area contributed by atoms with E-state index in [1.807, 2.05) is 18.2 Å². The maximum absolute atomic E-state index is 12.3. The van der Waals surface area contributed by atoms with E-state index in [1.165, 1.54) is 4.90 Å². The van der Waals surface area contributed by atoms with Gasteiger partial charge in [-0.15, -0.1) is 0 Å². The van der Waals surface area contributed by atoms with E-state index in [-0.39, 0.29) is 25.0 Å². The Kier molecular flexibility index (Phi) is 12.2. The van der Waals surface area contributed by atoms with Crippen molar-refractivity contribution in [2.45, 2.75) is 0 Å². The number of para-hydroxylation sites is 2. The van der Waals surface area contributed by atoms with Crippen LogP contribution in [0.25, 0.3) is 0 Å². The van der Waals surface area contributed by atoms with Crippen molar-refractivity contribution in [2.75, 3.05) is 85.0 Å². The van der Waals surface area contributed by atoms with Crippen LogP contribution in [-0.2, 0) is 23.7 Å². The molecule has 10 heteroatoms. The third kappa shape index (κ3) is 8.89. The van der Waals surface area contributed by atoms with Crippen molar-refractivity contribution in [1.29, 1.82) is 0 Å². The summed E-state index contributed by atoms with van der Waals surface area (Å²) in [5.74, 6) is 0.109. The summed E-state index contributed by atoms with van der Waals surface area (Å²) in [5.41, 5.74) is 7.30. The van der Waals surface area contributed by atoms with Crippen LogP contribution in [-0.4, -0.2) is 95.9 Å². The number of fused-ring (bicyclic) bond motifs is 1. The van der Waals surface area contributed by atoms with E-state index in [2.05, 4.69) is 0 Å². The fourth-order valence-corrected chi connectivity index (χ4v) is 3.40. The third-order valence-electron chi connectivity index (χ3n) is 5.23. The Hall–Kier alpha value is -3.02. The minimum Gasteiger partial charge on any atom is -0.489 e. The normalized spacial score (nSPS) is 12.8. The molecule has 0 saturated carbocycles. The number of anilines is 1. The van der Waals surface area contributed by atoms with Crippen molar-refractivity contribution >= 4 is 17.5 Å². The van der Waals surface area contributed by atoms with Gasteiger partial charge in [-0.05, 0) is 24.3 Å². The summed E-state index contributed by atoms with van der Waals surface area (Å²) in [7, 11) is 0. The van der Waals surface area contributed by atoms with E-state index >= 15 is 0 Å². The van der Waals surface area contributed by atoms with Gasteiger partial charge in [0.05, 0.1) is 89.4 Å². The summed E-state index contributed by atoms with van der Waals surface area (Å²) in [4.78, 5) is 25.7. The first-order valence-electron chi connectivity index (χ1n) is 12.0. The Morgan fingerprint density at radius 1 is 0.556 bits per heavy atom. The van der Waals surface area contributed by atoms with Crippen molar-refractivity contribution in [3.8, 4) is 5.75 Å². The summed E-state index contributed by atoms with van der Waals surface area (Å²) in [5, 5.41) is 0. The van der Waals surface area contributed by atoms with Crippen molar-refractivity contribution in [3.05, 3.63) is 59.7 Å². The molecule has 2 amide bonds. The van der Waals surface area contributed by atoms with E-state index in [1.54, 1.807) is 30.3 Å². The maximum atomic E-state index is 12.3. The second-order valence-electron chi connectivity index (χ2n) is 7.76. The molecule has 10 nitrogen and oxygen atoms in total. The minimum absolute atomic E-state index is 0.219. The zero-order valence-electron chi connectivity index (χ0n) is 20.4. The predicted octanol–water partition coefficient (Wildman–Crippen LogP) is 2.03. The van der Waals surface area contributed by atoms with Crippen molar-refractivity contribution in [1.82, 2.24) is 4.90 Å². The molecule has 0 aromatic heterocycles. The molecule has 0 spiro atoms. The highest BCUT2D eigenvalue weighted by Crippen LogP contribution is 2.22. The van der Waals surface area contributed by atoms with Crippen LogP contribution in [0.2, 0.25) is 0 Å². The molecule has 3 rings (SSSR count). The van der Waals surface area contributed by atoms with Gasteiger partial charge in [0.2, 0.25) is 0 Å². The fourth-order valence-electron chi connectivity index (χ4n) is 3.40. The van der Waals surface area contributed by atoms with Crippen LogP contribution in [0.4, 0.5) is 5.69 Å². The first-order valence-corrected chi connectivity index (χ1v) is 12.0. The Labute approximate surface area is 211 Å². The van der Waals surface area contributed by atoms with Gasteiger partial charge < -0.3 is 34.2 Å². The molecule has 1 heterocycles. The van der Waals surface area contributed by atoms with Gasteiger partial charge in [0, 0.05) is 0 Å². The van der Waals surface area contributed by atoms with Crippen LogP contribution in [0.15, 0.2) is 48.5 Å². The summed E-state index contributed by atoms with van der Waals surface area (Å²) < 4.78 is 32.8. The molecule has 0 unspecified atom stereocenters. The first-order chi connectivity index (χ1) is 17.7. The van der Waals surface area contributed by atoms with E-state index in [4.69, 9.17) is 34.2 Å². The average molecular weight is 503 g/mol. The number of amides is 2. The average Bonchev–Trinajstić information content (AvgIpc) is 3.13. The molecule has 196 valence electrons. The summed E-state index contributed by atoms with van der Waals surface area (Å²) >= 11 is 0. The number of nitrogens with zero attached hydrogens (tertiary/aromatic N) is 1.